The molecule has 0 heterocycles. The molecule has 0 unspecified atom stereocenters. The molecule has 0 bridgehead atoms. The van der Waals surface area contributed by atoms with Crippen LogP contribution in [0, 0.1) is 0 Å². The Morgan fingerprint density at radius 1 is 1.38 bits per heavy atom. The van der Waals surface area contributed by atoms with E-state index in [-0.39, 0.29) is 12.3 Å². The largest absolute Gasteiger partial charge is 0.303 e. The maximum absolute atomic E-state index is 11.2. The highest BCUT2D eigenvalue weighted by atomic mass is 16.7. The molecule has 1 aromatic rings. The third-order valence-electron chi connectivity index (χ3n) is 2.03. The van der Waals surface area contributed by atoms with Crippen molar-refractivity contribution in [3.8, 4) is 0 Å². The molecule has 0 atom stereocenters. The fourth-order valence-electron chi connectivity index (χ4n) is 1.21. The number of carbonyl (C=O) groups is 2. The van der Waals surface area contributed by atoms with Crippen LogP contribution in [0.15, 0.2) is 30.3 Å². The zero-order valence-electron chi connectivity index (χ0n) is 9.26. The molecule has 0 spiro atoms. The van der Waals surface area contributed by atoms with Gasteiger partial charge in [-0.3, -0.25) is 9.63 Å². The standard InChI is InChI=1S/C12H15NO3/c1-11(15)13(8-5-9-14)16-10-12-6-3-2-4-7-12/h2-4,6-7,9H,5,8,10H2,1H3. The highest BCUT2D eigenvalue weighted by Gasteiger charge is 2.08. The Hall–Kier alpha value is -1.68. The van der Waals surface area contributed by atoms with Gasteiger partial charge in [-0.1, -0.05) is 30.3 Å². The van der Waals surface area contributed by atoms with Crippen LogP contribution in [0.1, 0.15) is 18.9 Å². The van der Waals surface area contributed by atoms with Gasteiger partial charge in [0.25, 0.3) is 0 Å². The maximum Gasteiger partial charge on any atom is 0.243 e. The summed E-state index contributed by atoms with van der Waals surface area (Å²) in [6.07, 6.45) is 1.05. The lowest BCUT2D eigenvalue weighted by molar-refractivity contribution is -0.189. The van der Waals surface area contributed by atoms with Crippen molar-refractivity contribution >= 4 is 12.2 Å². The van der Waals surface area contributed by atoms with Crippen molar-refractivity contribution in [1.29, 1.82) is 0 Å². The van der Waals surface area contributed by atoms with Crippen molar-refractivity contribution in [1.82, 2.24) is 5.06 Å². The van der Waals surface area contributed by atoms with Gasteiger partial charge < -0.3 is 4.79 Å². The Bertz CT molecular complexity index is 337. The molecular weight excluding hydrogens is 206 g/mol. The van der Waals surface area contributed by atoms with Crippen LogP contribution in [0.2, 0.25) is 0 Å². The second-order valence-electron chi connectivity index (χ2n) is 3.34. The van der Waals surface area contributed by atoms with Crippen molar-refractivity contribution in [3.05, 3.63) is 35.9 Å². The van der Waals surface area contributed by atoms with Crippen LogP contribution in [-0.2, 0) is 21.0 Å². The Morgan fingerprint density at radius 2 is 2.06 bits per heavy atom. The highest BCUT2D eigenvalue weighted by molar-refractivity contribution is 5.72. The van der Waals surface area contributed by atoms with Crippen LogP contribution < -0.4 is 0 Å². The highest BCUT2D eigenvalue weighted by Crippen LogP contribution is 2.03. The van der Waals surface area contributed by atoms with E-state index in [0.29, 0.717) is 13.2 Å². The lowest BCUT2D eigenvalue weighted by atomic mass is 10.2. The lowest BCUT2D eigenvalue weighted by Crippen LogP contribution is -2.30. The molecule has 0 saturated carbocycles. The molecule has 0 aliphatic carbocycles. The van der Waals surface area contributed by atoms with Crippen LogP contribution >= 0.6 is 0 Å². The average Bonchev–Trinajstić information content (AvgIpc) is 2.30. The molecule has 1 amide bonds. The van der Waals surface area contributed by atoms with Crippen molar-refractivity contribution in [2.75, 3.05) is 6.54 Å². The predicted molar refractivity (Wildman–Crippen MR) is 59.3 cm³/mol. The summed E-state index contributed by atoms with van der Waals surface area (Å²) in [5, 5.41) is 1.21. The Labute approximate surface area is 94.8 Å². The molecule has 1 aromatic carbocycles. The van der Waals surface area contributed by atoms with E-state index >= 15 is 0 Å². The van der Waals surface area contributed by atoms with Gasteiger partial charge in [0.05, 0.1) is 6.54 Å². The predicted octanol–water partition coefficient (Wildman–Crippen LogP) is 1.56. The SMILES string of the molecule is CC(=O)N(CCC=O)OCc1ccccc1. The van der Waals surface area contributed by atoms with E-state index in [4.69, 9.17) is 4.84 Å². The zero-order valence-corrected chi connectivity index (χ0v) is 9.26. The molecule has 0 aliphatic rings. The van der Waals surface area contributed by atoms with Crippen LogP contribution in [-0.4, -0.2) is 23.8 Å². The molecule has 4 heteroatoms. The summed E-state index contributed by atoms with van der Waals surface area (Å²) in [7, 11) is 0. The Morgan fingerprint density at radius 3 is 2.62 bits per heavy atom. The Balaban J connectivity index is 2.43. The van der Waals surface area contributed by atoms with Gasteiger partial charge in [0.1, 0.15) is 12.9 Å². The molecule has 1 rings (SSSR count). The fourth-order valence-corrected chi connectivity index (χ4v) is 1.21. The van der Waals surface area contributed by atoms with Gasteiger partial charge in [0.2, 0.25) is 5.91 Å². The number of carbonyl (C=O) groups excluding carboxylic acids is 2. The molecular formula is C12H15NO3. The molecule has 0 saturated heterocycles. The smallest absolute Gasteiger partial charge is 0.243 e. The number of hydroxylamine groups is 2. The number of benzene rings is 1. The number of hydrogen-bond acceptors (Lipinski definition) is 3. The number of amides is 1. The lowest BCUT2D eigenvalue weighted by Gasteiger charge is -2.19. The second-order valence-corrected chi connectivity index (χ2v) is 3.34. The topological polar surface area (TPSA) is 46.6 Å². The third kappa shape index (κ3) is 4.23. The quantitative estimate of drug-likeness (QED) is 0.541. The molecule has 16 heavy (non-hydrogen) atoms. The molecule has 0 fully saturated rings. The van der Waals surface area contributed by atoms with Gasteiger partial charge in [-0.15, -0.1) is 0 Å². The summed E-state index contributed by atoms with van der Waals surface area (Å²) in [4.78, 5) is 26.7. The summed E-state index contributed by atoms with van der Waals surface area (Å²) in [5.74, 6) is -0.196. The van der Waals surface area contributed by atoms with Gasteiger partial charge in [0, 0.05) is 13.3 Å². The summed E-state index contributed by atoms with van der Waals surface area (Å²) in [5.41, 5.74) is 0.986. The number of hydrogen-bond donors (Lipinski definition) is 0. The average molecular weight is 221 g/mol. The molecule has 0 N–H and O–H groups in total. The summed E-state index contributed by atoms with van der Waals surface area (Å²) in [6, 6.07) is 9.55. The van der Waals surface area contributed by atoms with Gasteiger partial charge >= 0.3 is 0 Å². The van der Waals surface area contributed by atoms with Gasteiger partial charge in [-0.2, -0.15) is 0 Å². The number of rotatable bonds is 6. The minimum atomic E-state index is -0.196. The minimum Gasteiger partial charge on any atom is -0.303 e. The molecule has 86 valence electrons. The monoisotopic (exact) mass is 221 g/mol. The van der Waals surface area contributed by atoms with Gasteiger partial charge in [-0.05, 0) is 5.56 Å². The first kappa shape index (κ1) is 12.4. The van der Waals surface area contributed by atoms with E-state index in [0.717, 1.165) is 11.8 Å². The van der Waals surface area contributed by atoms with Gasteiger partial charge in [0.15, 0.2) is 0 Å². The van der Waals surface area contributed by atoms with E-state index < -0.39 is 0 Å². The molecule has 0 aromatic heterocycles. The van der Waals surface area contributed by atoms with Crippen LogP contribution in [0.3, 0.4) is 0 Å². The Kier molecular flexibility index (Phi) is 5.22. The van der Waals surface area contributed by atoms with Crippen LogP contribution in [0.25, 0.3) is 0 Å². The van der Waals surface area contributed by atoms with Gasteiger partial charge in [-0.25, -0.2) is 5.06 Å². The van der Waals surface area contributed by atoms with E-state index in [1.54, 1.807) is 0 Å². The molecule has 0 radical (unpaired) electrons. The minimum absolute atomic E-state index is 0.196. The molecule has 0 aliphatic heterocycles. The fraction of sp³-hybridized carbons (Fsp3) is 0.333. The van der Waals surface area contributed by atoms with Crippen molar-refractivity contribution in [2.24, 2.45) is 0 Å². The van der Waals surface area contributed by atoms with Crippen molar-refractivity contribution < 1.29 is 14.4 Å². The molecule has 4 nitrogen and oxygen atoms in total. The van der Waals surface area contributed by atoms with Crippen LogP contribution in [0.5, 0.6) is 0 Å². The van der Waals surface area contributed by atoms with E-state index in [9.17, 15) is 9.59 Å². The summed E-state index contributed by atoms with van der Waals surface area (Å²) < 4.78 is 0. The summed E-state index contributed by atoms with van der Waals surface area (Å²) >= 11 is 0. The van der Waals surface area contributed by atoms with Crippen molar-refractivity contribution in [2.45, 2.75) is 20.0 Å². The normalized spacial score (nSPS) is 9.81. The first-order valence-corrected chi connectivity index (χ1v) is 5.12. The van der Waals surface area contributed by atoms with E-state index in [2.05, 4.69) is 0 Å². The number of nitrogens with zero attached hydrogens (tertiary/aromatic N) is 1. The number of aldehydes is 1. The maximum atomic E-state index is 11.2. The van der Waals surface area contributed by atoms with E-state index in [1.165, 1.54) is 12.0 Å². The summed E-state index contributed by atoms with van der Waals surface area (Å²) in [6.45, 7) is 2.04. The first-order chi connectivity index (χ1) is 7.74. The second kappa shape index (κ2) is 6.74. The third-order valence-corrected chi connectivity index (χ3v) is 2.03. The zero-order chi connectivity index (χ0) is 11.8. The van der Waals surface area contributed by atoms with E-state index in [1.807, 2.05) is 30.3 Å². The van der Waals surface area contributed by atoms with Crippen LogP contribution in [0.4, 0.5) is 0 Å². The van der Waals surface area contributed by atoms with Crippen molar-refractivity contribution in [3.63, 3.8) is 0 Å². The first-order valence-electron chi connectivity index (χ1n) is 5.12.